The van der Waals surface area contributed by atoms with E-state index in [2.05, 4.69) is 0 Å². The number of aliphatic hydroxyl groups excluding tert-OH is 1. The molecule has 1 fully saturated rings. The van der Waals surface area contributed by atoms with Crippen LogP contribution in [0, 0.1) is 11.8 Å². The Morgan fingerprint density at radius 1 is 1.12 bits per heavy atom. The first-order valence-corrected chi connectivity index (χ1v) is 7.37. The molecule has 1 rings (SSSR count). The van der Waals surface area contributed by atoms with Crippen LogP contribution in [0.2, 0.25) is 0 Å². The van der Waals surface area contributed by atoms with Gasteiger partial charge < -0.3 is 5.11 Å². The molecule has 0 bridgehead atoms. The van der Waals surface area contributed by atoms with Gasteiger partial charge in [-0.15, -0.1) is 0 Å². The molecule has 0 saturated heterocycles. The Morgan fingerprint density at radius 3 is 2.35 bits per heavy atom. The van der Waals surface area contributed by atoms with E-state index in [9.17, 15) is 4.79 Å². The summed E-state index contributed by atoms with van der Waals surface area (Å²) in [4.78, 5) is 12.1. The molecule has 1 N–H and O–H groups in total. The van der Waals surface area contributed by atoms with Gasteiger partial charge in [0.1, 0.15) is 5.78 Å². The SMILES string of the molecule is CC(CO)CC1CCCCCCCCCC1=O. The number of Topliss-reactive ketones (excluding diaryl/α,β-unsaturated/α-hetero) is 1. The second kappa shape index (κ2) is 8.68. The summed E-state index contributed by atoms with van der Waals surface area (Å²) in [7, 11) is 0. The van der Waals surface area contributed by atoms with Crippen LogP contribution in [0.1, 0.15) is 71.1 Å². The standard InChI is InChI=1S/C15H28O2/c1-13(12-16)11-14-9-7-5-3-2-4-6-8-10-15(14)17/h13-14,16H,2-12H2,1H3. The third-order valence-corrected chi connectivity index (χ3v) is 3.93. The van der Waals surface area contributed by atoms with Gasteiger partial charge in [0.25, 0.3) is 0 Å². The molecule has 0 amide bonds. The van der Waals surface area contributed by atoms with Crippen LogP contribution in [0.4, 0.5) is 0 Å². The maximum atomic E-state index is 12.1. The lowest BCUT2D eigenvalue weighted by Crippen LogP contribution is -2.19. The van der Waals surface area contributed by atoms with E-state index >= 15 is 0 Å². The average molecular weight is 240 g/mol. The summed E-state index contributed by atoms with van der Waals surface area (Å²) in [6, 6.07) is 0. The first-order chi connectivity index (χ1) is 8.24. The molecule has 0 aromatic carbocycles. The van der Waals surface area contributed by atoms with E-state index in [-0.39, 0.29) is 18.4 Å². The lowest BCUT2D eigenvalue weighted by Gasteiger charge is -2.18. The minimum absolute atomic E-state index is 0.212. The number of hydrogen-bond acceptors (Lipinski definition) is 2. The topological polar surface area (TPSA) is 37.3 Å². The quantitative estimate of drug-likeness (QED) is 0.816. The van der Waals surface area contributed by atoms with Crippen LogP contribution in [0.25, 0.3) is 0 Å². The summed E-state index contributed by atoms with van der Waals surface area (Å²) in [5.74, 6) is 0.941. The number of aliphatic hydroxyl groups is 1. The maximum absolute atomic E-state index is 12.1. The van der Waals surface area contributed by atoms with Crippen LogP contribution in [-0.4, -0.2) is 17.5 Å². The van der Waals surface area contributed by atoms with E-state index in [0.717, 1.165) is 25.7 Å². The van der Waals surface area contributed by atoms with E-state index in [4.69, 9.17) is 5.11 Å². The van der Waals surface area contributed by atoms with Crippen molar-refractivity contribution in [1.82, 2.24) is 0 Å². The molecule has 0 aromatic heterocycles. The van der Waals surface area contributed by atoms with Gasteiger partial charge in [-0.25, -0.2) is 0 Å². The molecule has 2 unspecified atom stereocenters. The van der Waals surface area contributed by atoms with Gasteiger partial charge in [0.05, 0.1) is 0 Å². The summed E-state index contributed by atoms with van der Waals surface area (Å²) in [5, 5.41) is 9.11. The second-order valence-corrected chi connectivity index (χ2v) is 5.70. The van der Waals surface area contributed by atoms with E-state index in [1.54, 1.807) is 0 Å². The van der Waals surface area contributed by atoms with Crippen molar-refractivity contribution in [1.29, 1.82) is 0 Å². The van der Waals surface area contributed by atoms with Crippen LogP contribution >= 0.6 is 0 Å². The van der Waals surface area contributed by atoms with Crippen molar-refractivity contribution < 1.29 is 9.90 Å². The van der Waals surface area contributed by atoms with Gasteiger partial charge in [-0.3, -0.25) is 4.79 Å². The highest BCUT2D eigenvalue weighted by molar-refractivity contribution is 5.80. The van der Waals surface area contributed by atoms with Crippen molar-refractivity contribution >= 4 is 5.78 Å². The van der Waals surface area contributed by atoms with Crippen LogP contribution in [0.5, 0.6) is 0 Å². The molecule has 0 heterocycles. The van der Waals surface area contributed by atoms with Gasteiger partial charge in [-0.05, 0) is 25.2 Å². The Balaban J connectivity index is 2.45. The molecule has 1 saturated carbocycles. The van der Waals surface area contributed by atoms with Crippen molar-refractivity contribution in [2.45, 2.75) is 71.1 Å². The average Bonchev–Trinajstić information content (AvgIpc) is 2.37. The van der Waals surface area contributed by atoms with E-state index in [1.165, 1.54) is 38.5 Å². The van der Waals surface area contributed by atoms with Crippen molar-refractivity contribution in [2.24, 2.45) is 11.8 Å². The van der Waals surface area contributed by atoms with Crippen LogP contribution in [0.15, 0.2) is 0 Å². The fourth-order valence-electron chi connectivity index (χ4n) is 2.75. The zero-order chi connectivity index (χ0) is 12.5. The summed E-state index contributed by atoms with van der Waals surface area (Å²) in [6.45, 7) is 2.25. The molecule has 1 aliphatic rings. The zero-order valence-corrected chi connectivity index (χ0v) is 11.3. The number of hydrogen-bond donors (Lipinski definition) is 1. The molecular weight excluding hydrogens is 212 g/mol. The molecule has 1 aliphatic carbocycles. The van der Waals surface area contributed by atoms with Crippen molar-refractivity contribution in [3.8, 4) is 0 Å². The monoisotopic (exact) mass is 240 g/mol. The highest BCUT2D eigenvalue weighted by atomic mass is 16.3. The van der Waals surface area contributed by atoms with Crippen LogP contribution < -0.4 is 0 Å². The van der Waals surface area contributed by atoms with Gasteiger partial charge in [0.2, 0.25) is 0 Å². The predicted octanol–water partition coefficient (Wildman–Crippen LogP) is 3.71. The van der Waals surface area contributed by atoms with Gasteiger partial charge in [-0.1, -0.05) is 45.4 Å². The number of carbonyl (C=O) groups is 1. The molecule has 0 aromatic rings. The molecule has 0 aliphatic heterocycles. The van der Waals surface area contributed by atoms with Crippen LogP contribution in [-0.2, 0) is 4.79 Å². The minimum atomic E-state index is 0.212. The van der Waals surface area contributed by atoms with Crippen molar-refractivity contribution in [3.05, 3.63) is 0 Å². The molecule has 100 valence electrons. The Hall–Kier alpha value is -0.370. The molecule has 2 nitrogen and oxygen atoms in total. The Morgan fingerprint density at radius 2 is 1.71 bits per heavy atom. The molecule has 2 atom stereocenters. The molecule has 2 heteroatoms. The molecular formula is C15H28O2. The second-order valence-electron chi connectivity index (χ2n) is 5.70. The first kappa shape index (κ1) is 14.7. The number of ketones is 1. The van der Waals surface area contributed by atoms with E-state index in [1.807, 2.05) is 6.92 Å². The summed E-state index contributed by atoms with van der Waals surface area (Å²) in [6.07, 6.45) is 11.4. The molecule has 0 spiro atoms. The first-order valence-electron chi connectivity index (χ1n) is 7.37. The minimum Gasteiger partial charge on any atom is -0.396 e. The Bertz CT molecular complexity index is 213. The van der Waals surface area contributed by atoms with Gasteiger partial charge >= 0.3 is 0 Å². The third kappa shape index (κ3) is 6.21. The molecule has 0 radical (unpaired) electrons. The highest BCUT2D eigenvalue weighted by Crippen LogP contribution is 2.24. The number of rotatable bonds is 3. The maximum Gasteiger partial charge on any atom is 0.135 e. The van der Waals surface area contributed by atoms with Crippen molar-refractivity contribution in [3.63, 3.8) is 0 Å². The normalized spacial score (nSPS) is 26.2. The third-order valence-electron chi connectivity index (χ3n) is 3.93. The van der Waals surface area contributed by atoms with Crippen molar-refractivity contribution in [2.75, 3.05) is 6.61 Å². The van der Waals surface area contributed by atoms with Gasteiger partial charge in [0.15, 0.2) is 0 Å². The van der Waals surface area contributed by atoms with Crippen LogP contribution in [0.3, 0.4) is 0 Å². The molecule has 17 heavy (non-hydrogen) atoms. The number of carbonyl (C=O) groups excluding carboxylic acids is 1. The zero-order valence-electron chi connectivity index (χ0n) is 11.3. The summed E-state index contributed by atoms with van der Waals surface area (Å²) >= 11 is 0. The fourth-order valence-corrected chi connectivity index (χ4v) is 2.75. The van der Waals surface area contributed by atoms with Gasteiger partial charge in [-0.2, -0.15) is 0 Å². The van der Waals surface area contributed by atoms with Gasteiger partial charge in [0, 0.05) is 18.9 Å². The van der Waals surface area contributed by atoms with E-state index in [0.29, 0.717) is 5.78 Å². The van der Waals surface area contributed by atoms with E-state index < -0.39 is 0 Å². The smallest absolute Gasteiger partial charge is 0.135 e. The lowest BCUT2D eigenvalue weighted by atomic mass is 9.86. The summed E-state index contributed by atoms with van der Waals surface area (Å²) < 4.78 is 0. The Labute approximate surface area is 106 Å². The predicted molar refractivity (Wildman–Crippen MR) is 70.9 cm³/mol. The fraction of sp³-hybridized carbons (Fsp3) is 0.933. The largest absolute Gasteiger partial charge is 0.396 e. The highest BCUT2D eigenvalue weighted by Gasteiger charge is 2.20. The Kier molecular flexibility index (Phi) is 7.50. The lowest BCUT2D eigenvalue weighted by molar-refractivity contribution is -0.123. The summed E-state index contributed by atoms with van der Waals surface area (Å²) in [5.41, 5.74) is 0.